The van der Waals surface area contributed by atoms with Gasteiger partial charge in [-0.1, -0.05) is 28.1 Å². The fraction of sp³-hybridized carbons (Fsp3) is 0.462. The Hall–Kier alpha value is -0.960. The number of methoxy groups -OCH3 is 1. The van der Waals surface area contributed by atoms with Gasteiger partial charge < -0.3 is 4.74 Å². The van der Waals surface area contributed by atoms with Gasteiger partial charge in [0.25, 0.3) is 0 Å². The molecule has 0 aliphatic heterocycles. The molecule has 0 amide bonds. The summed E-state index contributed by atoms with van der Waals surface area (Å²) < 4.78 is 6.20. The Morgan fingerprint density at radius 2 is 2.29 bits per heavy atom. The predicted octanol–water partition coefficient (Wildman–Crippen LogP) is 3.31. The molecule has 90 valence electrons. The summed E-state index contributed by atoms with van der Waals surface area (Å²) >= 11 is 3.55. The van der Waals surface area contributed by atoms with Crippen molar-refractivity contribution < 1.29 is 9.53 Å². The lowest BCUT2D eigenvalue weighted by molar-refractivity contribution is 0.178. The monoisotopic (exact) mass is 295 g/mol. The van der Waals surface area contributed by atoms with E-state index in [9.17, 15) is 4.79 Å². The Morgan fingerprint density at radius 1 is 1.53 bits per heavy atom. The van der Waals surface area contributed by atoms with Crippen LogP contribution >= 0.6 is 15.9 Å². The molecule has 0 radical (unpaired) electrons. The largest absolute Gasteiger partial charge is 0.380 e. The molecule has 1 aromatic carbocycles. The van der Waals surface area contributed by atoms with Crippen LogP contribution in [0.5, 0.6) is 0 Å². The summed E-state index contributed by atoms with van der Waals surface area (Å²) in [6, 6.07) is 5.97. The number of ether oxygens (including phenoxy) is 1. The van der Waals surface area contributed by atoms with E-state index in [0.717, 1.165) is 34.9 Å². The van der Waals surface area contributed by atoms with E-state index in [2.05, 4.69) is 20.9 Å². The summed E-state index contributed by atoms with van der Waals surface area (Å²) in [6.45, 7) is 0.533. The van der Waals surface area contributed by atoms with Gasteiger partial charge in [-0.25, -0.2) is 4.79 Å². The van der Waals surface area contributed by atoms with Gasteiger partial charge in [-0.05, 0) is 30.9 Å². The number of isocyanates is 1. The first-order chi connectivity index (χ1) is 8.23. The highest BCUT2D eigenvalue weighted by Crippen LogP contribution is 2.48. The Bertz CT molecular complexity index is 462. The van der Waals surface area contributed by atoms with E-state index in [-0.39, 0.29) is 5.54 Å². The second-order valence-corrected chi connectivity index (χ2v) is 5.15. The lowest BCUT2D eigenvalue weighted by Gasteiger charge is -2.39. The Morgan fingerprint density at radius 3 is 2.82 bits per heavy atom. The highest BCUT2D eigenvalue weighted by molar-refractivity contribution is 9.10. The maximum Gasteiger partial charge on any atom is 0.235 e. The molecule has 0 N–H and O–H groups in total. The fourth-order valence-electron chi connectivity index (χ4n) is 2.38. The van der Waals surface area contributed by atoms with Crippen molar-refractivity contribution in [2.75, 3.05) is 7.11 Å². The summed E-state index contributed by atoms with van der Waals surface area (Å²) in [5.74, 6) is 0. The highest BCUT2D eigenvalue weighted by Gasteiger charge is 2.41. The van der Waals surface area contributed by atoms with Crippen LogP contribution in [0.4, 0.5) is 0 Å². The molecule has 0 heterocycles. The summed E-state index contributed by atoms with van der Waals surface area (Å²) in [6.07, 6.45) is 4.62. The standard InChI is InChI=1S/C13H14BrNO2/c1-17-8-10-4-2-5-11(14)12(10)13(15-9-16)6-3-7-13/h2,4-5H,3,6-8H2,1H3. The minimum atomic E-state index is -0.379. The molecular weight excluding hydrogens is 282 g/mol. The van der Waals surface area contributed by atoms with Crippen molar-refractivity contribution in [3.8, 4) is 0 Å². The van der Waals surface area contributed by atoms with E-state index in [1.54, 1.807) is 13.2 Å². The Labute approximate surface area is 109 Å². The van der Waals surface area contributed by atoms with Crippen molar-refractivity contribution in [3.05, 3.63) is 33.8 Å². The minimum Gasteiger partial charge on any atom is -0.380 e. The first-order valence-electron chi connectivity index (χ1n) is 5.59. The number of hydrogen-bond acceptors (Lipinski definition) is 3. The number of rotatable bonds is 4. The van der Waals surface area contributed by atoms with Crippen molar-refractivity contribution >= 4 is 22.0 Å². The number of benzene rings is 1. The van der Waals surface area contributed by atoms with Crippen LogP contribution in [0.2, 0.25) is 0 Å². The van der Waals surface area contributed by atoms with Gasteiger partial charge >= 0.3 is 0 Å². The maximum atomic E-state index is 10.6. The first kappa shape index (κ1) is 12.5. The molecule has 1 aromatic rings. The van der Waals surface area contributed by atoms with Crippen molar-refractivity contribution in [3.63, 3.8) is 0 Å². The maximum absolute atomic E-state index is 10.6. The van der Waals surface area contributed by atoms with E-state index in [1.807, 2.05) is 18.2 Å². The topological polar surface area (TPSA) is 38.7 Å². The minimum absolute atomic E-state index is 0.379. The lowest BCUT2D eigenvalue weighted by atomic mass is 9.71. The SMILES string of the molecule is COCc1cccc(Br)c1C1(N=C=O)CCC1. The van der Waals surface area contributed by atoms with E-state index in [1.165, 1.54) is 0 Å². The van der Waals surface area contributed by atoms with Crippen molar-refractivity contribution in [1.29, 1.82) is 0 Å². The zero-order chi connectivity index (χ0) is 12.3. The summed E-state index contributed by atoms with van der Waals surface area (Å²) in [4.78, 5) is 14.7. The molecule has 0 bridgehead atoms. The molecule has 17 heavy (non-hydrogen) atoms. The average Bonchev–Trinajstić information content (AvgIpc) is 2.25. The number of nitrogens with zero attached hydrogens (tertiary/aromatic N) is 1. The number of carbonyl (C=O) groups excluding carboxylic acids is 1. The zero-order valence-corrected chi connectivity index (χ0v) is 11.3. The predicted molar refractivity (Wildman–Crippen MR) is 68.5 cm³/mol. The summed E-state index contributed by atoms with van der Waals surface area (Å²) in [5.41, 5.74) is 1.78. The van der Waals surface area contributed by atoms with Crippen molar-refractivity contribution in [1.82, 2.24) is 0 Å². The fourth-order valence-corrected chi connectivity index (χ4v) is 3.16. The third kappa shape index (κ3) is 2.21. The van der Waals surface area contributed by atoms with Crippen LogP contribution in [-0.4, -0.2) is 13.2 Å². The lowest BCUT2D eigenvalue weighted by Crippen LogP contribution is -2.33. The van der Waals surface area contributed by atoms with E-state index < -0.39 is 0 Å². The normalized spacial score (nSPS) is 17.1. The number of halogens is 1. The molecule has 2 rings (SSSR count). The molecule has 1 aliphatic rings. The Kier molecular flexibility index (Phi) is 3.77. The van der Waals surface area contributed by atoms with Gasteiger partial charge in [0.2, 0.25) is 6.08 Å². The average molecular weight is 296 g/mol. The van der Waals surface area contributed by atoms with Crippen molar-refractivity contribution in [2.24, 2.45) is 4.99 Å². The smallest absolute Gasteiger partial charge is 0.235 e. The van der Waals surface area contributed by atoms with Crippen LogP contribution < -0.4 is 0 Å². The van der Waals surface area contributed by atoms with Crippen LogP contribution in [0.1, 0.15) is 30.4 Å². The second-order valence-electron chi connectivity index (χ2n) is 4.30. The Balaban J connectivity index is 2.52. The van der Waals surface area contributed by atoms with Gasteiger partial charge in [0.05, 0.1) is 12.1 Å². The van der Waals surface area contributed by atoms with Gasteiger partial charge in [0.1, 0.15) is 0 Å². The number of hydrogen-bond donors (Lipinski definition) is 0. The number of aliphatic imine (C=N–C) groups is 1. The molecule has 0 saturated heterocycles. The molecule has 1 saturated carbocycles. The molecule has 0 aromatic heterocycles. The van der Waals surface area contributed by atoms with E-state index in [4.69, 9.17) is 4.74 Å². The van der Waals surface area contributed by atoms with Crippen molar-refractivity contribution in [2.45, 2.75) is 31.4 Å². The van der Waals surface area contributed by atoms with Crippen LogP contribution in [0, 0.1) is 0 Å². The van der Waals surface area contributed by atoms with Gasteiger partial charge in [0, 0.05) is 17.1 Å². The van der Waals surface area contributed by atoms with Gasteiger partial charge in [-0.15, -0.1) is 0 Å². The second kappa shape index (κ2) is 5.13. The van der Waals surface area contributed by atoms with Crippen LogP contribution in [0.25, 0.3) is 0 Å². The molecular formula is C13H14BrNO2. The highest BCUT2D eigenvalue weighted by atomic mass is 79.9. The molecule has 0 unspecified atom stereocenters. The van der Waals surface area contributed by atoms with Crippen LogP contribution in [-0.2, 0) is 21.7 Å². The van der Waals surface area contributed by atoms with Crippen LogP contribution in [0.15, 0.2) is 27.7 Å². The third-order valence-electron chi connectivity index (χ3n) is 3.31. The molecule has 0 spiro atoms. The van der Waals surface area contributed by atoms with Gasteiger partial charge in [0.15, 0.2) is 0 Å². The molecule has 4 heteroatoms. The quantitative estimate of drug-likeness (QED) is 0.631. The summed E-state index contributed by atoms with van der Waals surface area (Å²) in [5, 5.41) is 0. The van der Waals surface area contributed by atoms with Crippen LogP contribution in [0.3, 0.4) is 0 Å². The van der Waals surface area contributed by atoms with Gasteiger partial charge in [-0.2, -0.15) is 4.99 Å². The summed E-state index contributed by atoms with van der Waals surface area (Å²) in [7, 11) is 1.67. The zero-order valence-electron chi connectivity index (χ0n) is 9.70. The molecule has 0 atom stereocenters. The molecule has 1 aliphatic carbocycles. The van der Waals surface area contributed by atoms with Gasteiger partial charge in [-0.3, -0.25) is 0 Å². The molecule has 3 nitrogen and oxygen atoms in total. The molecule has 1 fully saturated rings. The first-order valence-corrected chi connectivity index (χ1v) is 6.38. The third-order valence-corrected chi connectivity index (χ3v) is 3.97. The van der Waals surface area contributed by atoms with E-state index in [0.29, 0.717) is 6.61 Å². The van der Waals surface area contributed by atoms with E-state index >= 15 is 0 Å².